The molecule has 0 aromatic carbocycles. The first-order valence-electron chi connectivity index (χ1n) is 6.33. The van der Waals surface area contributed by atoms with Gasteiger partial charge in [0.1, 0.15) is 0 Å². The molecule has 86 valence electrons. The maximum absolute atomic E-state index is 5.46. The molecule has 1 N–H and O–H groups in total. The molecular weight excluding hydrogens is 204 g/mol. The van der Waals surface area contributed by atoms with Crippen molar-refractivity contribution in [1.29, 1.82) is 0 Å². The molecule has 2 fully saturated rings. The second kappa shape index (κ2) is 5.15. The Bertz CT molecular complexity index is 224. The number of likely N-dealkylation sites (tertiary alicyclic amines) is 1. The van der Waals surface area contributed by atoms with E-state index in [1.54, 1.807) is 0 Å². The minimum absolute atomic E-state index is 0.631. The van der Waals surface area contributed by atoms with Crippen LogP contribution in [0.15, 0.2) is 0 Å². The van der Waals surface area contributed by atoms with Crippen LogP contribution in [0.2, 0.25) is 0 Å². The summed E-state index contributed by atoms with van der Waals surface area (Å²) < 4.78 is 0. The number of nitrogens with one attached hydrogen (secondary N) is 1. The fourth-order valence-corrected chi connectivity index (χ4v) is 3.03. The highest BCUT2D eigenvalue weighted by Gasteiger charge is 2.24. The molecular formula is C12H22N2S. The standard InChI is InChI=1S/C12H22N2S/c1-10-6-2-3-7-11(10)13-12(15)14-8-4-5-9-14/h10-11H,2-9H2,1H3,(H,13,15)/t10-,11-/m0/s1. The summed E-state index contributed by atoms with van der Waals surface area (Å²) in [4.78, 5) is 2.33. The lowest BCUT2D eigenvalue weighted by atomic mass is 9.86. The molecule has 2 aliphatic rings. The second-order valence-corrected chi connectivity index (χ2v) is 5.40. The molecule has 2 nitrogen and oxygen atoms in total. The van der Waals surface area contributed by atoms with E-state index >= 15 is 0 Å². The third kappa shape index (κ3) is 2.83. The Morgan fingerprint density at radius 2 is 1.80 bits per heavy atom. The average Bonchev–Trinajstić information content (AvgIpc) is 2.74. The van der Waals surface area contributed by atoms with E-state index < -0.39 is 0 Å². The van der Waals surface area contributed by atoms with Gasteiger partial charge in [0.05, 0.1) is 0 Å². The molecule has 0 spiro atoms. The maximum Gasteiger partial charge on any atom is 0.169 e. The van der Waals surface area contributed by atoms with Gasteiger partial charge in [0.2, 0.25) is 0 Å². The molecule has 0 aromatic heterocycles. The van der Waals surface area contributed by atoms with Gasteiger partial charge in [-0.05, 0) is 43.8 Å². The first-order valence-corrected chi connectivity index (χ1v) is 6.73. The predicted molar refractivity (Wildman–Crippen MR) is 68.0 cm³/mol. The first-order chi connectivity index (χ1) is 7.27. The third-order valence-corrected chi connectivity index (χ3v) is 4.19. The fourth-order valence-electron chi connectivity index (χ4n) is 2.70. The fraction of sp³-hybridized carbons (Fsp3) is 0.917. The molecule has 1 aliphatic heterocycles. The van der Waals surface area contributed by atoms with E-state index in [-0.39, 0.29) is 0 Å². The lowest BCUT2D eigenvalue weighted by Crippen LogP contribution is -2.46. The van der Waals surface area contributed by atoms with Gasteiger partial charge in [-0.2, -0.15) is 0 Å². The van der Waals surface area contributed by atoms with Crippen LogP contribution >= 0.6 is 12.2 Å². The Balaban J connectivity index is 1.81. The normalized spacial score (nSPS) is 31.7. The van der Waals surface area contributed by atoms with E-state index in [0.29, 0.717) is 6.04 Å². The Morgan fingerprint density at radius 1 is 1.13 bits per heavy atom. The quantitative estimate of drug-likeness (QED) is 0.692. The third-order valence-electron chi connectivity index (χ3n) is 3.81. The Hall–Kier alpha value is -0.310. The van der Waals surface area contributed by atoms with Crippen molar-refractivity contribution in [2.24, 2.45) is 5.92 Å². The van der Waals surface area contributed by atoms with Crippen LogP contribution in [0.5, 0.6) is 0 Å². The summed E-state index contributed by atoms with van der Waals surface area (Å²) in [6.07, 6.45) is 8.04. The van der Waals surface area contributed by atoms with E-state index in [1.807, 2.05) is 0 Å². The predicted octanol–water partition coefficient (Wildman–Crippen LogP) is 2.54. The number of rotatable bonds is 1. The molecule has 0 aromatic rings. The number of hydrogen-bond donors (Lipinski definition) is 1. The molecule has 2 rings (SSSR count). The van der Waals surface area contributed by atoms with Crippen molar-refractivity contribution >= 4 is 17.3 Å². The summed E-state index contributed by atoms with van der Waals surface area (Å²) >= 11 is 5.46. The summed E-state index contributed by atoms with van der Waals surface area (Å²) in [7, 11) is 0. The molecule has 1 heterocycles. The number of nitrogens with zero attached hydrogens (tertiary/aromatic N) is 1. The Kier molecular flexibility index (Phi) is 3.84. The lowest BCUT2D eigenvalue weighted by molar-refractivity contribution is 0.301. The zero-order valence-electron chi connectivity index (χ0n) is 9.67. The van der Waals surface area contributed by atoms with Crippen molar-refractivity contribution in [3.8, 4) is 0 Å². The van der Waals surface area contributed by atoms with Gasteiger partial charge in [0.25, 0.3) is 0 Å². The van der Waals surface area contributed by atoms with Crippen LogP contribution in [0.3, 0.4) is 0 Å². The molecule has 0 bridgehead atoms. The number of hydrogen-bond acceptors (Lipinski definition) is 1. The zero-order valence-corrected chi connectivity index (χ0v) is 10.5. The van der Waals surface area contributed by atoms with Gasteiger partial charge in [0, 0.05) is 19.1 Å². The van der Waals surface area contributed by atoms with E-state index in [9.17, 15) is 0 Å². The molecule has 2 atom stereocenters. The van der Waals surface area contributed by atoms with Gasteiger partial charge in [-0.15, -0.1) is 0 Å². The van der Waals surface area contributed by atoms with Crippen molar-refractivity contribution in [3.63, 3.8) is 0 Å². The molecule has 0 unspecified atom stereocenters. The maximum atomic E-state index is 5.46. The molecule has 1 aliphatic carbocycles. The summed E-state index contributed by atoms with van der Waals surface area (Å²) in [5.41, 5.74) is 0. The number of thiocarbonyl (C=S) groups is 1. The van der Waals surface area contributed by atoms with E-state index in [1.165, 1.54) is 38.5 Å². The second-order valence-electron chi connectivity index (χ2n) is 5.01. The monoisotopic (exact) mass is 226 g/mol. The average molecular weight is 226 g/mol. The summed E-state index contributed by atoms with van der Waals surface area (Å²) in [6, 6.07) is 0.631. The highest BCUT2D eigenvalue weighted by Crippen LogP contribution is 2.24. The van der Waals surface area contributed by atoms with Crippen LogP contribution in [0, 0.1) is 5.92 Å². The van der Waals surface area contributed by atoms with Crippen molar-refractivity contribution in [2.45, 2.75) is 51.5 Å². The topological polar surface area (TPSA) is 15.3 Å². The van der Waals surface area contributed by atoms with Gasteiger partial charge in [-0.1, -0.05) is 19.8 Å². The molecule has 1 saturated carbocycles. The highest BCUT2D eigenvalue weighted by atomic mass is 32.1. The Labute approximate surface area is 98.4 Å². The smallest absolute Gasteiger partial charge is 0.169 e. The van der Waals surface area contributed by atoms with E-state index in [2.05, 4.69) is 17.1 Å². The van der Waals surface area contributed by atoms with Crippen molar-refractivity contribution in [3.05, 3.63) is 0 Å². The SMILES string of the molecule is C[C@H]1CCCC[C@@H]1NC(=S)N1CCCC1. The van der Waals surface area contributed by atoms with Crippen LogP contribution in [0.4, 0.5) is 0 Å². The van der Waals surface area contributed by atoms with Crippen molar-refractivity contribution in [2.75, 3.05) is 13.1 Å². The molecule has 3 heteroatoms. The van der Waals surface area contributed by atoms with Gasteiger partial charge in [0.15, 0.2) is 5.11 Å². The van der Waals surface area contributed by atoms with E-state index in [0.717, 1.165) is 24.1 Å². The van der Waals surface area contributed by atoms with Crippen LogP contribution < -0.4 is 5.32 Å². The zero-order chi connectivity index (χ0) is 10.7. The molecule has 1 saturated heterocycles. The summed E-state index contributed by atoms with van der Waals surface area (Å²) in [6.45, 7) is 4.67. The van der Waals surface area contributed by atoms with Gasteiger partial charge in [-0.3, -0.25) is 0 Å². The highest BCUT2D eigenvalue weighted by molar-refractivity contribution is 7.80. The van der Waals surface area contributed by atoms with Crippen LogP contribution in [-0.4, -0.2) is 29.1 Å². The minimum Gasteiger partial charge on any atom is -0.360 e. The van der Waals surface area contributed by atoms with Crippen molar-refractivity contribution in [1.82, 2.24) is 10.2 Å². The summed E-state index contributed by atoms with van der Waals surface area (Å²) in [5, 5.41) is 4.57. The molecule has 0 radical (unpaired) electrons. The van der Waals surface area contributed by atoms with Gasteiger partial charge in [-0.25, -0.2) is 0 Å². The summed E-state index contributed by atoms with van der Waals surface area (Å²) in [5.74, 6) is 0.791. The van der Waals surface area contributed by atoms with Crippen LogP contribution in [0.25, 0.3) is 0 Å². The minimum atomic E-state index is 0.631. The largest absolute Gasteiger partial charge is 0.360 e. The van der Waals surface area contributed by atoms with Crippen LogP contribution in [0.1, 0.15) is 45.4 Å². The molecule has 0 amide bonds. The van der Waals surface area contributed by atoms with Gasteiger partial charge >= 0.3 is 0 Å². The van der Waals surface area contributed by atoms with Gasteiger partial charge < -0.3 is 10.2 Å². The first kappa shape index (κ1) is 11.2. The lowest BCUT2D eigenvalue weighted by Gasteiger charge is -2.32. The van der Waals surface area contributed by atoms with E-state index in [4.69, 9.17) is 12.2 Å². The van der Waals surface area contributed by atoms with Crippen LogP contribution in [-0.2, 0) is 0 Å². The van der Waals surface area contributed by atoms with Crippen molar-refractivity contribution < 1.29 is 0 Å². The molecule has 15 heavy (non-hydrogen) atoms. The Morgan fingerprint density at radius 3 is 2.47 bits per heavy atom.